The first kappa shape index (κ1) is 15.9. The Labute approximate surface area is 112 Å². The van der Waals surface area contributed by atoms with Crippen LogP contribution in [0.1, 0.15) is 26.7 Å². The molecule has 1 unspecified atom stereocenters. The topological polar surface area (TPSA) is 113 Å². The lowest BCUT2D eigenvalue weighted by Gasteiger charge is -2.27. The number of hydrogen-bond donors (Lipinski definition) is 3. The van der Waals surface area contributed by atoms with Crippen molar-refractivity contribution in [3.8, 4) is 0 Å². The number of nitrogens with one attached hydrogen (secondary N) is 2. The highest BCUT2D eigenvalue weighted by molar-refractivity contribution is 7.91. The van der Waals surface area contributed by atoms with Crippen molar-refractivity contribution in [2.75, 3.05) is 18.1 Å². The number of carboxylic acid groups (broad SMARTS) is 1. The summed E-state index contributed by atoms with van der Waals surface area (Å²) < 4.78 is 22.8. The molecule has 0 aromatic heterocycles. The van der Waals surface area contributed by atoms with Gasteiger partial charge in [0.15, 0.2) is 9.84 Å². The predicted molar refractivity (Wildman–Crippen MR) is 69.5 cm³/mol. The van der Waals surface area contributed by atoms with E-state index in [1.54, 1.807) is 13.8 Å². The van der Waals surface area contributed by atoms with Gasteiger partial charge in [-0.1, -0.05) is 0 Å². The third-order valence-electron chi connectivity index (χ3n) is 2.80. The van der Waals surface area contributed by atoms with Crippen molar-refractivity contribution in [2.24, 2.45) is 0 Å². The highest BCUT2D eigenvalue weighted by Crippen LogP contribution is 2.10. The molecule has 1 heterocycles. The summed E-state index contributed by atoms with van der Waals surface area (Å²) in [6.07, 6.45) is -0.155. The van der Waals surface area contributed by atoms with Crippen LogP contribution in [-0.2, 0) is 19.4 Å². The summed E-state index contributed by atoms with van der Waals surface area (Å²) in [6, 6.07) is -0.403. The first-order valence-corrected chi connectivity index (χ1v) is 7.88. The lowest BCUT2D eigenvalue weighted by Crippen LogP contribution is -2.50. The van der Waals surface area contributed by atoms with Crippen LogP contribution < -0.4 is 10.6 Å². The van der Waals surface area contributed by atoms with E-state index < -0.39 is 27.4 Å². The molecule has 7 nitrogen and oxygen atoms in total. The molecule has 1 amide bonds. The Morgan fingerprint density at radius 2 is 2.05 bits per heavy atom. The quantitative estimate of drug-likeness (QED) is 0.607. The van der Waals surface area contributed by atoms with Gasteiger partial charge in [-0.25, -0.2) is 8.42 Å². The average molecular weight is 292 g/mol. The number of rotatable bonds is 5. The van der Waals surface area contributed by atoms with Gasteiger partial charge in [-0.05, 0) is 13.8 Å². The molecule has 1 aliphatic rings. The minimum atomic E-state index is -3.08. The van der Waals surface area contributed by atoms with E-state index in [9.17, 15) is 18.0 Å². The molecule has 1 aliphatic heterocycles. The molecule has 0 aliphatic carbocycles. The molecule has 19 heavy (non-hydrogen) atoms. The van der Waals surface area contributed by atoms with E-state index in [4.69, 9.17) is 5.11 Å². The molecule has 0 saturated carbocycles. The lowest BCUT2D eigenvalue weighted by atomic mass is 10.0. The minimum Gasteiger partial charge on any atom is -0.481 e. The van der Waals surface area contributed by atoms with Gasteiger partial charge in [0, 0.05) is 24.5 Å². The fourth-order valence-electron chi connectivity index (χ4n) is 2.07. The Kier molecular flexibility index (Phi) is 4.92. The third-order valence-corrected chi connectivity index (χ3v) is 4.54. The van der Waals surface area contributed by atoms with Gasteiger partial charge < -0.3 is 15.7 Å². The Morgan fingerprint density at radius 1 is 1.42 bits per heavy atom. The maximum atomic E-state index is 11.8. The van der Waals surface area contributed by atoms with Gasteiger partial charge in [0.25, 0.3) is 0 Å². The first-order chi connectivity index (χ1) is 8.60. The van der Waals surface area contributed by atoms with Gasteiger partial charge in [-0.15, -0.1) is 0 Å². The van der Waals surface area contributed by atoms with Crippen molar-refractivity contribution in [1.82, 2.24) is 10.6 Å². The Morgan fingerprint density at radius 3 is 2.58 bits per heavy atom. The largest absolute Gasteiger partial charge is 0.481 e. The van der Waals surface area contributed by atoms with Crippen LogP contribution in [-0.4, -0.2) is 55.0 Å². The summed E-state index contributed by atoms with van der Waals surface area (Å²) in [6.45, 7) is 3.58. The van der Waals surface area contributed by atoms with Crippen molar-refractivity contribution in [2.45, 2.75) is 38.3 Å². The van der Waals surface area contributed by atoms with Gasteiger partial charge in [0.05, 0.1) is 17.9 Å². The zero-order valence-corrected chi connectivity index (χ0v) is 11.9. The Hall–Kier alpha value is -1.15. The molecule has 0 aromatic rings. The summed E-state index contributed by atoms with van der Waals surface area (Å²) in [4.78, 5) is 22.4. The van der Waals surface area contributed by atoms with E-state index in [2.05, 4.69) is 10.6 Å². The van der Waals surface area contributed by atoms with E-state index in [1.807, 2.05) is 0 Å². The maximum Gasteiger partial charge on any atom is 0.305 e. The van der Waals surface area contributed by atoms with Gasteiger partial charge in [-0.2, -0.15) is 0 Å². The molecular formula is C11H20N2O5S. The molecular weight excluding hydrogens is 272 g/mol. The summed E-state index contributed by atoms with van der Waals surface area (Å²) in [5, 5.41) is 14.3. The lowest BCUT2D eigenvalue weighted by molar-refractivity contribution is -0.138. The zero-order chi connectivity index (χ0) is 14.7. The fourth-order valence-corrected chi connectivity index (χ4v) is 3.52. The van der Waals surface area contributed by atoms with Crippen molar-refractivity contribution in [3.63, 3.8) is 0 Å². The van der Waals surface area contributed by atoms with Crippen LogP contribution in [0.15, 0.2) is 0 Å². The summed E-state index contributed by atoms with van der Waals surface area (Å²) in [5.74, 6) is -1.31. The summed E-state index contributed by atoms with van der Waals surface area (Å²) in [5.41, 5.74) is -0.851. The van der Waals surface area contributed by atoms with Gasteiger partial charge in [0.1, 0.15) is 0 Å². The maximum absolute atomic E-state index is 11.8. The molecule has 0 radical (unpaired) electrons. The van der Waals surface area contributed by atoms with Crippen LogP contribution in [0.25, 0.3) is 0 Å². The highest BCUT2D eigenvalue weighted by Gasteiger charge is 2.29. The number of amides is 1. The van der Waals surface area contributed by atoms with E-state index in [1.165, 1.54) is 0 Å². The Bertz CT molecular complexity index is 458. The zero-order valence-electron chi connectivity index (χ0n) is 11.1. The fraction of sp³-hybridized carbons (Fsp3) is 0.818. The average Bonchev–Trinajstić information content (AvgIpc) is 2.11. The van der Waals surface area contributed by atoms with Gasteiger partial charge >= 0.3 is 5.97 Å². The standard InChI is InChI=1S/C11H20N2O5S/c1-11(2,6-10(15)16)13-9(14)5-8-7-19(17,18)4-3-12-8/h8,12H,3-7H2,1-2H3,(H,13,14)(H,15,16). The molecule has 0 aromatic carbocycles. The third kappa shape index (κ3) is 6.02. The van der Waals surface area contributed by atoms with E-state index in [0.29, 0.717) is 6.54 Å². The second kappa shape index (κ2) is 5.87. The van der Waals surface area contributed by atoms with E-state index >= 15 is 0 Å². The molecule has 1 fully saturated rings. The number of carbonyl (C=O) groups excluding carboxylic acids is 1. The molecule has 1 saturated heterocycles. The first-order valence-electron chi connectivity index (χ1n) is 6.06. The van der Waals surface area contributed by atoms with Crippen LogP contribution in [0, 0.1) is 0 Å². The van der Waals surface area contributed by atoms with Crippen LogP contribution in [0.4, 0.5) is 0 Å². The minimum absolute atomic E-state index is 0.0300. The second-order valence-electron chi connectivity index (χ2n) is 5.47. The van der Waals surface area contributed by atoms with Crippen molar-refractivity contribution in [3.05, 3.63) is 0 Å². The molecule has 3 N–H and O–H groups in total. The molecule has 8 heteroatoms. The SMILES string of the molecule is CC(C)(CC(=O)O)NC(=O)CC1CS(=O)(=O)CCN1. The monoisotopic (exact) mass is 292 g/mol. The number of carbonyl (C=O) groups is 2. The summed E-state index contributed by atoms with van der Waals surface area (Å²) >= 11 is 0. The van der Waals surface area contributed by atoms with E-state index in [0.717, 1.165) is 0 Å². The van der Waals surface area contributed by atoms with Crippen LogP contribution in [0.5, 0.6) is 0 Å². The Balaban J connectivity index is 2.49. The number of aliphatic carboxylic acids is 1. The molecule has 1 rings (SSSR count). The predicted octanol–water partition coefficient (Wildman–Crippen LogP) is -0.867. The van der Waals surface area contributed by atoms with Crippen LogP contribution in [0.3, 0.4) is 0 Å². The smallest absolute Gasteiger partial charge is 0.305 e. The number of hydrogen-bond acceptors (Lipinski definition) is 5. The van der Waals surface area contributed by atoms with Crippen molar-refractivity contribution < 1.29 is 23.1 Å². The number of carboxylic acids is 1. The van der Waals surface area contributed by atoms with E-state index in [-0.39, 0.29) is 30.3 Å². The second-order valence-corrected chi connectivity index (χ2v) is 7.70. The molecule has 0 spiro atoms. The van der Waals surface area contributed by atoms with Gasteiger partial charge in [-0.3, -0.25) is 9.59 Å². The normalized spacial score (nSPS) is 22.7. The molecule has 110 valence electrons. The number of sulfone groups is 1. The van der Waals surface area contributed by atoms with Crippen LogP contribution in [0.2, 0.25) is 0 Å². The van der Waals surface area contributed by atoms with Crippen molar-refractivity contribution >= 4 is 21.7 Å². The van der Waals surface area contributed by atoms with Crippen LogP contribution >= 0.6 is 0 Å². The van der Waals surface area contributed by atoms with Crippen molar-refractivity contribution in [1.29, 1.82) is 0 Å². The highest BCUT2D eigenvalue weighted by atomic mass is 32.2. The molecule has 1 atom stereocenters. The molecule has 0 bridgehead atoms. The van der Waals surface area contributed by atoms with Gasteiger partial charge in [0.2, 0.25) is 5.91 Å². The summed E-state index contributed by atoms with van der Waals surface area (Å²) in [7, 11) is -3.08.